The molecule has 20 heavy (non-hydrogen) atoms. The molecule has 0 fully saturated rings. The summed E-state index contributed by atoms with van der Waals surface area (Å²) in [4.78, 5) is 12.0. The molecule has 0 amide bonds. The Kier molecular flexibility index (Phi) is 3.59. The van der Waals surface area contributed by atoms with Gasteiger partial charge in [-0.1, -0.05) is 19.8 Å². The largest absolute Gasteiger partial charge is 0.475 e. The number of hydrogen-bond donors (Lipinski definition) is 0. The molecule has 2 rings (SSSR count). The molecule has 0 bridgehead atoms. The van der Waals surface area contributed by atoms with Gasteiger partial charge in [-0.25, -0.2) is 0 Å². The molecule has 0 atom stereocenters. The van der Waals surface area contributed by atoms with Crippen LogP contribution in [0.5, 0.6) is 5.75 Å². The van der Waals surface area contributed by atoms with E-state index < -0.39 is 5.60 Å². The van der Waals surface area contributed by atoms with Crippen LogP contribution in [0.25, 0.3) is 11.0 Å². The van der Waals surface area contributed by atoms with Crippen LogP contribution in [0.2, 0.25) is 0 Å². The van der Waals surface area contributed by atoms with Gasteiger partial charge >= 0.3 is 0 Å². The van der Waals surface area contributed by atoms with Crippen molar-refractivity contribution in [2.75, 3.05) is 0 Å². The highest BCUT2D eigenvalue weighted by molar-refractivity contribution is 5.78. The molecule has 1 aromatic heterocycles. The first-order valence-corrected chi connectivity index (χ1v) is 6.57. The van der Waals surface area contributed by atoms with Crippen molar-refractivity contribution in [2.45, 2.75) is 39.2 Å². The predicted octanol–water partition coefficient (Wildman–Crippen LogP) is 3.71. The van der Waals surface area contributed by atoms with Gasteiger partial charge in [-0.15, -0.1) is 6.42 Å². The second-order valence-electron chi connectivity index (χ2n) is 5.58. The van der Waals surface area contributed by atoms with Crippen LogP contribution in [-0.4, -0.2) is 5.60 Å². The van der Waals surface area contributed by atoms with Gasteiger partial charge in [0.15, 0.2) is 11.0 Å². The third-order valence-corrected chi connectivity index (χ3v) is 3.01. The van der Waals surface area contributed by atoms with Crippen molar-refractivity contribution in [1.29, 1.82) is 0 Å². The van der Waals surface area contributed by atoms with E-state index >= 15 is 0 Å². The van der Waals surface area contributed by atoms with Crippen LogP contribution >= 0.6 is 0 Å². The molecule has 0 spiro atoms. The standard InChI is InChI=1S/C17H18O3/c1-6-17(4,5)20-12-7-8-13-14(18)10-15(11(2)3)19-16(13)9-12/h1,7-11H,2-5H3. The minimum Gasteiger partial charge on any atom is -0.475 e. The van der Waals surface area contributed by atoms with E-state index in [0.29, 0.717) is 22.5 Å². The van der Waals surface area contributed by atoms with E-state index in [1.807, 2.05) is 13.8 Å². The van der Waals surface area contributed by atoms with Gasteiger partial charge in [0, 0.05) is 18.1 Å². The maximum absolute atomic E-state index is 12.0. The Bertz CT molecular complexity index is 730. The van der Waals surface area contributed by atoms with Crippen molar-refractivity contribution < 1.29 is 9.15 Å². The summed E-state index contributed by atoms with van der Waals surface area (Å²) >= 11 is 0. The summed E-state index contributed by atoms with van der Waals surface area (Å²) < 4.78 is 11.5. The van der Waals surface area contributed by atoms with Crippen molar-refractivity contribution >= 4 is 11.0 Å². The van der Waals surface area contributed by atoms with Crippen LogP contribution in [-0.2, 0) is 0 Å². The normalized spacial score (nSPS) is 11.6. The lowest BCUT2D eigenvalue weighted by molar-refractivity contribution is 0.172. The minimum atomic E-state index is -0.705. The van der Waals surface area contributed by atoms with Crippen LogP contribution in [0.1, 0.15) is 39.4 Å². The van der Waals surface area contributed by atoms with E-state index in [1.54, 1.807) is 38.1 Å². The highest BCUT2D eigenvalue weighted by Crippen LogP contribution is 2.25. The van der Waals surface area contributed by atoms with E-state index in [9.17, 15) is 4.79 Å². The average Bonchev–Trinajstić information content (AvgIpc) is 2.37. The van der Waals surface area contributed by atoms with Crippen molar-refractivity contribution in [3.05, 3.63) is 40.2 Å². The van der Waals surface area contributed by atoms with Gasteiger partial charge in [0.1, 0.15) is 17.1 Å². The fraction of sp³-hybridized carbons (Fsp3) is 0.353. The zero-order valence-electron chi connectivity index (χ0n) is 12.2. The van der Waals surface area contributed by atoms with Gasteiger partial charge in [0.25, 0.3) is 0 Å². The smallest absolute Gasteiger partial charge is 0.192 e. The maximum Gasteiger partial charge on any atom is 0.192 e. The Morgan fingerprint density at radius 2 is 2.00 bits per heavy atom. The van der Waals surface area contributed by atoms with E-state index in [0.717, 1.165) is 0 Å². The second kappa shape index (κ2) is 5.05. The van der Waals surface area contributed by atoms with E-state index in [2.05, 4.69) is 5.92 Å². The van der Waals surface area contributed by atoms with Gasteiger partial charge in [0.2, 0.25) is 0 Å². The molecule has 0 saturated carbocycles. The Morgan fingerprint density at radius 1 is 1.30 bits per heavy atom. The average molecular weight is 270 g/mol. The van der Waals surface area contributed by atoms with Gasteiger partial charge in [-0.05, 0) is 26.0 Å². The SMILES string of the molecule is C#CC(C)(C)Oc1ccc2c(=O)cc(C(C)C)oc2c1. The van der Waals surface area contributed by atoms with Crippen molar-refractivity contribution in [2.24, 2.45) is 0 Å². The van der Waals surface area contributed by atoms with Crippen LogP contribution in [0.15, 0.2) is 33.5 Å². The topological polar surface area (TPSA) is 39.4 Å². The zero-order valence-corrected chi connectivity index (χ0v) is 12.2. The van der Waals surface area contributed by atoms with E-state index in [1.165, 1.54) is 0 Å². The first kappa shape index (κ1) is 14.2. The number of rotatable bonds is 3. The molecule has 0 unspecified atom stereocenters. The first-order valence-electron chi connectivity index (χ1n) is 6.57. The molecule has 1 aromatic carbocycles. The molecule has 2 aromatic rings. The Morgan fingerprint density at radius 3 is 2.60 bits per heavy atom. The molecular weight excluding hydrogens is 252 g/mol. The lowest BCUT2D eigenvalue weighted by atomic mass is 10.1. The monoisotopic (exact) mass is 270 g/mol. The quantitative estimate of drug-likeness (QED) is 0.798. The van der Waals surface area contributed by atoms with Crippen molar-refractivity contribution in [3.63, 3.8) is 0 Å². The van der Waals surface area contributed by atoms with Gasteiger partial charge in [-0.3, -0.25) is 4.79 Å². The lowest BCUT2D eigenvalue weighted by Crippen LogP contribution is -2.25. The van der Waals surface area contributed by atoms with E-state index in [-0.39, 0.29) is 11.3 Å². The lowest BCUT2D eigenvalue weighted by Gasteiger charge is -2.20. The molecule has 104 valence electrons. The molecular formula is C17H18O3. The number of ether oxygens (including phenoxy) is 1. The summed E-state index contributed by atoms with van der Waals surface area (Å²) in [5.74, 6) is 3.97. The molecule has 3 heteroatoms. The fourth-order valence-corrected chi connectivity index (χ4v) is 1.83. The van der Waals surface area contributed by atoms with E-state index in [4.69, 9.17) is 15.6 Å². The molecule has 0 N–H and O–H groups in total. The van der Waals surface area contributed by atoms with Gasteiger partial charge < -0.3 is 9.15 Å². The summed E-state index contributed by atoms with van der Waals surface area (Å²) in [7, 11) is 0. The van der Waals surface area contributed by atoms with Crippen molar-refractivity contribution in [3.8, 4) is 18.1 Å². The molecule has 3 nitrogen and oxygen atoms in total. The van der Waals surface area contributed by atoms with Crippen LogP contribution < -0.4 is 10.2 Å². The number of terminal acetylenes is 1. The molecule has 0 saturated heterocycles. The highest BCUT2D eigenvalue weighted by atomic mass is 16.5. The Labute approximate surface area is 118 Å². The summed E-state index contributed by atoms with van der Waals surface area (Å²) in [6.45, 7) is 7.56. The third-order valence-electron chi connectivity index (χ3n) is 3.01. The van der Waals surface area contributed by atoms with Gasteiger partial charge in [-0.2, -0.15) is 0 Å². The van der Waals surface area contributed by atoms with Crippen LogP contribution in [0, 0.1) is 12.3 Å². The zero-order chi connectivity index (χ0) is 14.9. The maximum atomic E-state index is 12.0. The molecule has 0 radical (unpaired) electrons. The number of fused-ring (bicyclic) bond motifs is 1. The second-order valence-corrected chi connectivity index (χ2v) is 5.58. The third kappa shape index (κ3) is 2.85. The fourth-order valence-electron chi connectivity index (χ4n) is 1.83. The predicted molar refractivity (Wildman–Crippen MR) is 80.1 cm³/mol. The van der Waals surface area contributed by atoms with Crippen LogP contribution in [0.3, 0.4) is 0 Å². The number of benzene rings is 1. The summed E-state index contributed by atoms with van der Waals surface area (Å²) in [5, 5.41) is 0.542. The Balaban J connectivity index is 2.53. The Hall–Kier alpha value is -2.21. The summed E-state index contributed by atoms with van der Waals surface area (Å²) in [6, 6.07) is 6.68. The molecule has 0 aliphatic rings. The summed E-state index contributed by atoms with van der Waals surface area (Å²) in [6.07, 6.45) is 5.41. The minimum absolute atomic E-state index is 0.0438. The first-order chi connectivity index (χ1) is 9.32. The highest BCUT2D eigenvalue weighted by Gasteiger charge is 2.16. The summed E-state index contributed by atoms with van der Waals surface area (Å²) in [5.41, 5.74) is -0.229. The molecule has 0 aliphatic carbocycles. The molecule has 1 heterocycles. The van der Waals surface area contributed by atoms with Gasteiger partial charge in [0.05, 0.1) is 5.39 Å². The number of hydrogen-bond acceptors (Lipinski definition) is 3. The van der Waals surface area contributed by atoms with Crippen LogP contribution in [0.4, 0.5) is 0 Å². The van der Waals surface area contributed by atoms with Crippen molar-refractivity contribution in [1.82, 2.24) is 0 Å². The molecule has 0 aliphatic heterocycles.